The number of anilines is 1. The molecule has 114 valence electrons. The van der Waals surface area contributed by atoms with Crippen LogP contribution in [0.4, 0.5) is 5.69 Å². The fourth-order valence-electron chi connectivity index (χ4n) is 3.03. The van der Waals surface area contributed by atoms with Gasteiger partial charge in [0.05, 0.1) is 17.5 Å². The van der Waals surface area contributed by atoms with Gasteiger partial charge < -0.3 is 10.4 Å². The average molecular weight is 354 g/mol. The minimum atomic E-state index is -0.866. The van der Waals surface area contributed by atoms with E-state index in [1.165, 1.54) is 0 Å². The van der Waals surface area contributed by atoms with Crippen molar-refractivity contribution in [2.24, 2.45) is 11.8 Å². The molecule has 1 aromatic carbocycles. The van der Waals surface area contributed by atoms with Gasteiger partial charge in [-0.25, -0.2) is 0 Å². The summed E-state index contributed by atoms with van der Waals surface area (Å²) in [6, 6.07) is 3.94. The fraction of sp³-hybridized carbons (Fsp3) is 0.500. The summed E-state index contributed by atoms with van der Waals surface area (Å²) in [4.78, 5) is 23.8. The summed E-state index contributed by atoms with van der Waals surface area (Å²) in [5.74, 6) is -2.06. The van der Waals surface area contributed by atoms with Crippen LogP contribution >= 0.6 is 15.9 Å². The van der Waals surface area contributed by atoms with E-state index < -0.39 is 17.8 Å². The molecule has 0 aromatic heterocycles. The lowest BCUT2D eigenvalue weighted by atomic mass is 9.78. The van der Waals surface area contributed by atoms with Gasteiger partial charge in [0.2, 0.25) is 5.91 Å². The highest BCUT2D eigenvalue weighted by molar-refractivity contribution is 9.10. The highest BCUT2D eigenvalue weighted by Crippen LogP contribution is 2.33. The highest BCUT2D eigenvalue weighted by atomic mass is 79.9. The number of aliphatic carboxylic acids is 1. The number of aryl methyl sites for hydroxylation is 2. The summed E-state index contributed by atoms with van der Waals surface area (Å²) >= 11 is 3.46. The van der Waals surface area contributed by atoms with Crippen LogP contribution in [0.25, 0.3) is 0 Å². The molecule has 1 fully saturated rings. The number of rotatable bonds is 3. The van der Waals surface area contributed by atoms with Crippen LogP contribution < -0.4 is 5.32 Å². The Morgan fingerprint density at radius 3 is 2.38 bits per heavy atom. The maximum atomic E-state index is 12.5. The molecule has 1 amide bonds. The molecular weight excluding hydrogens is 334 g/mol. The van der Waals surface area contributed by atoms with Crippen molar-refractivity contribution in [2.45, 2.75) is 39.5 Å². The molecule has 0 bridgehead atoms. The minimum absolute atomic E-state index is 0.185. The van der Waals surface area contributed by atoms with Gasteiger partial charge in [0.1, 0.15) is 0 Å². The first-order valence-electron chi connectivity index (χ1n) is 7.20. The third-order valence-electron chi connectivity index (χ3n) is 4.10. The Hall–Kier alpha value is -1.36. The predicted octanol–water partition coefficient (Wildman–Crippen LogP) is 3.90. The lowest BCUT2D eigenvalue weighted by molar-refractivity contribution is -0.147. The Bertz CT molecular complexity index is 548. The van der Waals surface area contributed by atoms with Gasteiger partial charge in [-0.2, -0.15) is 0 Å². The van der Waals surface area contributed by atoms with Crippen molar-refractivity contribution in [3.63, 3.8) is 0 Å². The van der Waals surface area contributed by atoms with E-state index in [2.05, 4.69) is 21.2 Å². The molecule has 2 atom stereocenters. The lowest BCUT2D eigenvalue weighted by Gasteiger charge is -2.27. The van der Waals surface area contributed by atoms with E-state index in [0.717, 1.165) is 34.1 Å². The van der Waals surface area contributed by atoms with Crippen molar-refractivity contribution in [3.8, 4) is 0 Å². The van der Waals surface area contributed by atoms with Gasteiger partial charge in [-0.05, 0) is 59.8 Å². The van der Waals surface area contributed by atoms with Crippen molar-refractivity contribution in [3.05, 3.63) is 27.7 Å². The van der Waals surface area contributed by atoms with E-state index in [1.807, 2.05) is 26.0 Å². The summed E-state index contributed by atoms with van der Waals surface area (Å²) in [5.41, 5.74) is 2.82. The van der Waals surface area contributed by atoms with Gasteiger partial charge in [0.25, 0.3) is 0 Å². The van der Waals surface area contributed by atoms with Crippen LogP contribution in [-0.2, 0) is 9.59 Å². The van der Waals surface area contributed by atoms with Crippen LogP contribution in [0.15, 0.2) is 16.6 Å². The van der Waals surface area contributed by atoms with Crippen LogP contribution in [0, 0.1) is 25.7 Å². The zero-order valence-corrected chi connectivity index (χ0v) is 13.9. The molecule has 0 heterocycles. The number of nitrogens with one attached hydrogen (secondary N) is 1. The molecule has 1 aliphatic rings. The van der Waals surface area contributed by atoms with Crippen molar-refractivity contribution in [1.82, 2.24) is 0 Å². The number of amides is 1. The number of carboxylic acid groups (broad SMARTS) is 1. The topological polar surface area (TPSA) is 66.4 Å². The molecule has 1 saturated carbocycles. The number of hydrogen-bond donors (Lipinski definition) is 2. The Morgan fingerprint density at radius 1 is 1.19 bits per heavy atom. The largest absolute Gasteiger partial charge is 0.481 e. The summed E-state index contributed by atoms with van der Waals surface area (Å²) in [7, 11) is 0. The van der Waals surface area contributed by atoms with Crippen molar-refractivity contribution < 1.29 is 14.7 Å². The van der Waals surface area contributed by atoms with Gasteiger partial charge in [-0.15, -0.1) is 0 Å². The monoisotopic (exact) mass is 353 g/mol. The number of halogens is 1. The molecule has 0 saturated heterocycles. The van der Waals surface area contributed by atoms with E-state index in [1.54, 1.807) is 0 Å². The second-order valence-electron chi connectivity index (χ2n) is 5.76. The first-order valence-corrected chi connectivity index (χ1v) is 8.00. The predicted molar refractivity (Wildman–Crippen MR) is 85.3 cm³/mol. The summed E-state index contributed by atoms with van der Waals surface area (Å²) < 4.78 is 0.830. The molecule has 0 aliphatic heterocycles. The number of hydrogen-bond acceptors (Lipinski definition) is 2. The van der Waals surface area contributed by atoms with E-state index in [9.17, 15) is 14.7 Å². The third-order valence-corrected chi connectivity index (χ3v) is 4.73. The molecule has 5 heteroatoms. The summed E-state index contributed by atoms with van der Waals surface area (Å²) in [6.07, 6.45) is 3.02. The second kappa shape index (κ2) is 6.60. The zero-order valence-electron chi connectivity index (χ0n) is 12.3. The van der Waals surface area contributed by atoms with Crippen molar-refractivity contribution in [2.75, 3.05) is 5.32 Å². The van der Waals surface area contributed by atoms with Gasteiger partial charge in [0.15, 0.2) is 0 Å². The van der Waals surface area contributed by atoms with Crippen molar-refractivity contribution in [1.29, 1.82) is 0 Å². The van der Waals surface area contributed by atoms with E-state index in [-0.39, 0.29) is 5.91 Å². The van der Waals surface area contributed by atoms with Crippen LogP contribution in [0.5, 0.6) is 0 Å². The van der Waals surface area contributed by atoms with Crippen LogP contribution in [0.2, 0.25) is 0 Å². The smallest absolute Gasteiger partial charge is 0.307 e. The Balaban J connectivity index is 2.19. The van der Waals surface area contributed by atoms with E-state index in [0.29, 0.717) is 12.8 Å². The lowest BCUT2D eigenvalue weighted by Crippen LogP contribution is -2.36. The quantitative estimate of drug-likeness (QED) is 0.865. The molecule has 0 spiro atoms. The molecule has 0 unspecified atom stereocenters. The minimum Gasteiger partial charge on any atom is -0.481 e. The molecule has 21 heavy (non-hydrogen) atoms. The SMILES string of the molecule is Cc1cc(C)c(NC(=O)[C@@H]2CCCC[C@@H]2C(=O)O)c(Br)c1. The number of benzene rings is 1. The maximum absolute atomic E-state index is 12.5. The molecule has 1 aliphatic carbocycles. The average Bonchev–Trinajstić information content (AvgIpc) is 2.42. The highest BCUT2D eigenvalue weighted by Gasteiger charge is 2.35. The first-order chi connectivity index (χ1) is 9.90. The zero-order chi connectivity index (χ0) is 15.6. The van der Waals surface area contributed by atoms with Crippen LogP contribution in [0.1, 0.15) is 36.8 Å². The van der Waals surface area contributed by atoms with Gasteiger partial charge >= 0.3 is 5.97 Å². The summed E-state index contributed by atoms with van der Waals surface area (Å²) in [5, 5.41) is 12.2. The van der Waals surface area contributed by atoms with E-state index in [4.69, 9.17) is 0 Å². The maximum Gasteiger partial charge on any atom is 0.307 e. The fourth-order valence-corrected chi connectivity index (χ4v) is 3.80. The van der Waals surface area contributed by atoms with Gasteiger partial charge in [0, 0.05) is 4.47 Å². The number of carbonyl (C=O) groups excluding carboxylic acids is 1. The first kappa shape index (κ1) is 16.0. The molecule has 1 aromatic rings. The molecule has 2 N–H and O–H groups in total. The van der Waals surface area contributed by atoms with Gasteiger partial charge in [-0.1, -0.05) is 18.9 Å². The number of carboxylic acids is 1. The van der Waals surface area contributed by atoms with Crippen LogP contribution in [-0.4, -0.2) is 17.0 Å². The second-order valence-corrected chi connectivity index (χ2v) is 6.62. The molecular formula is C16H20BrNO3. The molecule has 4 nitrogen and oxygen atoms in total. The van der Waals surface area contributed by atoms with Gasteiger partial charge in [-0.3, -0.25) is 9.59 Å². The Labute approximate surface area is 133 Å². The van der Waals surface area contributed by atoms with Crippen molar-refractivity contribution >= 4 is 33.5 Å². The Morgan fingerprint density at radius 2 is 1.81 bits per heavy atom. The van der Waals surface area contributed by atoms with Crippen LogP contribution in [0.3, 0.4) is 0 Å². The Kier molecular flexibility index (Phi) is 5.04. The summed E-state index contributed by atoms with van der Waals surface area (Å²) in [6.45, 7) is 3.92. The van der Waals surface area contributed by atoms with E-state index >= 15 is 0 Å². The normalized spacial score (nSPS) is 21.9. The third kappa shape index (κ3) is 3.64. The number of carbonyl (C=O) groups is 2. The standard InChI is InChI=1S/C16H20BrNO3/c1-9-7-10(2)14(13(17)8-9)18-15(19)11-5-3-4-6-12(11)16(20)21/h7-8,11-12H,3-6H2,1-2H3,(H,18,19)(H,20,21)/t11-,12+/m1/s1. The molecule has 0 radical (unpaired) electrons. The molecule has 2 rings (SSSR count).